The van der Waals surface area contributed by atoms with Gasteiger partial charge in [0.05, 0.1) is 6.61 Å². The zero-order chi connectivity index (χ0) is 18.8. The van der Waals surface area contributed by atoms with Crippen LogP contribution in [0.1, 0.15) is 11.7 Å². The van der Waals surface area contributed by atoms with Gasteiger partial charge in [0.2, 0.25) is 0 Å². The van der Waals surface area contributed by atoms with Crippen molar-refractivity contribution in [2.75, 3.05) is 13.2 Å². The molecule has 2 aromatic carbocycles. The molecule has 0 aromatic heterocycles. The number of nitrogens with one attached hydrogen (secondary N) is 1. The van der Waals surface area contributed by atoms with Crippen LogP contribution in [0, 0.1) is 0 Å². The van der Waals surface area contributed by atoms with E-state index in [1.807, 2.05) is 6.07 Å². The summed E-state index contributed by atoms with van der Waals surface area (Å²) in [7, 11) is 0. The number of aliphatic hydroxyl groups is 2. The minimum absolute atomic E-state index is 0.120. The van der Waals surface area contributed by atoms with E-state index in [-0.39, 0.29) is 13.2 Å². The summed E-state index contributed by atoms with van der Waals surface area (Å²) in [6.45, 7) is 0.0194. The predicted octanol–water partition coefficient (Wildman–Crippen LogP) is 1.60. The first-order valence-electron chi connectivity index (χ1n) is 7.99. The van der Waals surface area contributed by atoms with E-state index in [0.29, 0.717) is 17.1 Å². The molecule has 138 valence electrons. The molecular formula is C19H21NO6. The lowest BCUT2D eigenvalue weighted by atomic mass is 10.0. The van der Waals surface area contributed by atoms with Gasteiger partial charge in [-0.1, -0.05) is 30.3 Å². The van der Waals surface area contributed by atoms with Crippen molar-refractivity contribution < 1.29 is 29.7 Å². The molecule has 0 spiro atoms. The molecule has 0 saturated heterocycles. The zero-order valence-corrected chi connectivity index (χ0v) is 14.0. The second-order valence-corrected chi connectivity index (χ2v) is 5.32. The number of rotatable bonds is 9. The Morgan fingerprint density at radius 3 is 2.54 bits per heavy atom. The summed E-state index contributed by atoms with van der Waals surface area (Å²) >= 11 is 0. The first kappa shape index (κ1) is 19.5. The summed E-state index contributed by atoms with van der Waals surface area (Å²) in [5, 5.41) is 28.2. The molecular weight excluding hydrogens is 338 g/mol. The smallest absolute Gasteiger partial charge is 0.267 e. The first-order valence-corrected chi connectivity index (χ1v) is 7.99. The van der Waals surface area contributed by atoms with Crippen molar-refractivity contribution in [3.8, 4) is 11.5 Å². The summed E-state index contributed by atoms with van der Waals surface area (Å²) < 4.78 is 11.1. The van der Waals surface area contributed by atoms with Crippen LogP contribution >= 0.6 is 0 Å². The Morgan fingerprint density at radius 2 is 1.85 bits per heavy atom. The average molecular weight is 359 g/mol. The van der Waals surface area contributed by atoms with E-state index < -0.39 is 18.1 Å². The Labute approximate surface area is 151 Å². The topological polar surface area (TPSA) is 108 Å². The van der Waals surface area contributed by atoms with Gasteiger partial charge in [0.15, 0.2) is 0 Å². The standard InChI is InChI=1S/C19H21NO6/c21-11-12-25-16-8-4-5-14(13-16)19(23)17(9-10-18(22)20-24)26-15-6-2-1-3-7-15/h1-10,13,17,19,21,23-24H,11-12H2,(H,20,22)/b10-9+/t17-,19-/m1/s1. The van der Waals surface area contributed by atoms with Crippen LogP contribution in [-0.4, -0.2) is 40.6 Å². The Hall–Kier alpha value is -2.87. The number of hydroxylamine groups is 1. The Balaban J connectivity index is 2.22. The molecule has 2 rings (SSSR count). The van der Waals surface area contributed by atoms with E-state index in [4.69, 9.17) is 19.8 Å². The second-order valence-electron chi connectivity index (χ2n) is 5.32. The minimum atomic E-state index is -1.10. The SMILES string of the molecule is O=C(/C=C/[C@@H](Oc1ccccc1)[C@H](O)c1cccc(OCCO)c1)NO. The normalized spacial score (nSPS) is 13.2. The van der Waals surface area contributed by atoms with Crippen molar-refractivity contribution >= 4 is 5.91 Å². The Morgan fingerprint density at radius 1 is 1.12 bits per heavy atom. The van der Waals surface area contributed by atoms with E-state index in [1.165, 1.54) is 11.6 Å². The summed E-state index contributed by atoms with van der Waals surface area (Å²) in [5.41, 5.74) is 2.00. The highest BCUT2D eigenvalue weighted by Gasteiger charge is 2.21. The minimum Gasteiger partial charge on any atom is -0.491 e. The Kier molecular flexibility index (Phi) is 7.63. The van der Waals surface area contributed by atoms with Crippen molar-refractivity contribution in [2.24, 2.45) is 0 Å². The molecule has 0 heterocycles. The molecule has 0 aliphatic rings. The fourth-order valence-corrected chi connectivity index (χ4v) is 2.23. The molecule has 7 nitrogen and oxygen atoms in total. The molecule has 0 aliphatic heterocycles. The molecule has 0 aliphatic carbocycles. The van der Waals surface area contributed by atoms with Crippen LogP contribution in [0.5, 0.6) is 11.5 Å². The lowest BCUT2D eigenvalue weighted by Crippen LogP contribution is -2.24. The van der Waals surface area contributed by atoms with E-state index >= 15 is 0 Å². The highest BCUT2D eigenvalue weighted by atomic mass is 16.5. The van der Waals surface area contributed by atoms with Gasteiger partial charge in [-0.3, -0.25) is 10.0 Å². The van der Waals surface area contributed by atoms with Gasteiger partial charge >= 0.3 is 0 Å². The third kappa shape index (κ3) is 5.89. The molecule has 2 atom stereocenters. The highest BCUT2D eigenvalue weighted by molar-refractivity contribution is 5.86. The first-order chi connectivity index (χ1) is 12.6. The summed E-state index contributed by atoms with van der Waals surface area (Å²) in [6, 6.07) is 15.6. The third-order valence-electron chi connectivity index (χ3n) is 3.43. The number of carbonyl (C=O) groups excluding carboxylic acids is 1. The summed E-state index contributed by atoms with van der Waals surface area (Å²) in [4.78, 5) is 11.3. The van der Waals surface area contributed by atoms with Gasteiger partial charge in [-0.15, -0.1) is 0 Å². The number of hydrogen-bond donors (Lipinski definition) is 4. The third-order valence-corrected chi connectivity index (χ3v) is 3.43. The van der Waals surface area contributed by atoms with Crippen molar-refractivity contribution in [2.45, 2.75) is 12.2 Å². The largest absolute Gasteiger partial charge is 0.491 e. The van der Waals surface area contributed by atoms with E-state index in [2.05, 4.69) is 0 Å². The fraction of sp³-hybridized carbons (Fsp3) is 0.211. The molecule has 1 amide bonds. The van der Waals surface area contributed by atoms with Crippen molar-refractivity contribution in [3.05, 3.63) is 72.3 Å². The van der Waals surface area contributed by atoms with Gasteiger partial charge in [0.25, 0.3) is 5.91 Å². The number of aliphatic hydroxyl groups excluding tert-OH is 2. The maximum atomic E-state index is 11.3. The molecule has 4 N–H and O–H groups in total. The van der Waals surface area contributed by atoms with Crippen LogP contribution in [-0.2, 0) is 4.79 Å². The molecule has 7 heteroatoms. The van der Waals surface area contributed by atoms with Crippen LogP contribution in [0.15, 0.2) is 66.7 Å². The maximum absolute atomic E-state index is 11.3. The van der Waals surface area contributed by atoms with Crippen LogP contribution in [0.3, 0.4) is 0 Å². The van der Waals surface area contributed by atoms with Crippen LogP contribution in [0.25, 0.3) is 0 Å². The molecule has 0 saturated carbocycles. The van der Waals surface area contributed by atoms with Gasteiger partial charge in [0, 0.05) is 6.08 Å². The van der Waals surface area contributed by atoms with E-state index in [1.54, 1.807) is 48.5 Å². The number of carbonyl (C=O) groups is 1. The van der Waals surface area contributed by atoms with Crippen LogP contribution in [0.4, 0.5) is 0 Å². The van der Waals surface area contributed by atoms with Gasteiger partial charge in [-0.2, -0.15) is 0 Å². The Bertz CT molecular complexity index is 719. The molecule has 0 fully saturated rings. The molecule has 2 aromatic rings. The number of hydrogen-bond acceptors (Lipinski definition) is 6. The molecule has 0 radical (unpaired) electrons. The van der Waals surface area contributed by atoms with Crippen LogP contribution in [0.2, 0.25) is 0 Å². The number of ether oxygens (including phenoxy) is 2. The molecule has 0 bridgehead atoms. The number of amides is 1. The van der Waals surface area contributed by atoms with Gasteiger partial charge < -0.3 is 19.7 Å². The average Bonchev–Trinajstić information content (AvgIpc) is 2.69. The quantitative estimate of drug-likeness (QED) is 0.308. The number of benzene rings is 2. The predicted molar refractivity (Wildman–Crippen MR) is 93.9 cm³/mol. The molecule has 0 unspecified atom stereocenters. The fourth-order valence-electron chi connectivity index (χ4n) is 2.23. The number of para-hydroxylation sites is 1. The van der Waals surface area contributed by atoms with Crippen molar-refractivity contribution in [1.29, 1.82) is 0 Å². The second kappa shape index (κ2) is 10.2. The maximum Gasteiger partial charge on any atom is 0.267 e. The lowest BCUT2D eigenvalue weighted by Gasteiger charge is -2.22. The van der Waals surface area contributed by atoms with Gasteiger partial charge in [-0.05, 0) is 35.9 Å². The highest BCUT2D eigenvalue weighted by Crippen LogP contribution is 2.25. The lowest BCUT2D eigenvalue weighted by molar-refractivity contribution is -0.124. The van der Waals surface area contributed by atoms with E-state index in [9.17, 15) is 9.90 Å². The van der Waals surface area contributed by atoms with Gasteiger partial charge in [-0.25, -0.2) is 5.48 Å². The van der Waals surface area contributed by atoms with E-state index in [0.717, 1.165) is 6.08 Å². The summed E-state index contributed by atoms with van der Waals surface area (Å²) in [5.74, 6) is 0.267. The monoisotopic (exact) mass is 359 g/mol. The summed E-state index contributed by atoms with van der Waals surface area (Å²) in [6.07, 6.45) is 0.436. The molecule has 26 heavy (non-hydrogen) atoms. The van der Waals surface area contributed by atoms with Crippen molar-refractivity contribution in [3.63, 3.8) is 0 Å². The van der Waals surface area contributed by atoms with Crippen molar-refractivity contribution in [1.82, 2.24) is 5.48 Å². The van der Waals surface area contributed by atoms with Crippen LogP contribution < -0.4 is 15.0 Å². The zero-order valence-electron chi connectivity index (χ0n) is 14.0. The van der Waals surface area contributed by atoms with Gasteiger partial charge in [0.1, 0.15) is 30.3 Å².